The molecule has 0 bridgehead atoms. The molecule has 2 heterocycles. The number of carbonyl (C=O) groups is 1. The predicted octanol–water partition coefficient (Wildman–Crippen LogP) is 2.48. The van der Waals surface area contributed by atoms with Crippen molar-refractivity contribution >= 4 is 17.5 Å². The van der Waals surface area contributed by atoms with Gasteiger partial charge < -0.3 is 10.2 Å². The van der Waals surface area contributed by atoms with Crippen LogP contribution >= 0.6 is 11.6 Å². The third-order valence-corrected chi connectivity index (χ3v) is 5.40. The number of amides is 1. The molecule has 1 aromatic carbocycles. The first-order chi connectivity index (χ1) is 9.91. The molecule has 1 aromatic rings. The Bertz CT molecular complexity index is 555. The molecule has 2 atom stereocenters. The minimum atomic E-state index is -0.408. The van der Waals surface area contributed by atoms with E-state index in [0.717, 1.165) is 19.6 Å². The zero-order valence-corrected chi connectivity index (χ0v) is 13.1. The summed E-state index contributed by atoms with van der Waals surface area (Å²) in [7, 11) is 0. The van der Waals surface area contributed by atoms with E-state index in [0.29, 0.717) is 22.4 Å². The van der Waals surface area contributed by atoms with Crippen LogP contribution < -0.4 is 5.32 Å². The monoisotopic (exact) mass is 310 g/mol. The molecule has 2 aliphatic rings. The number of rotatable bonds is 2. The van der Waals surface area contributed by atoms with Crippen molar-refractivity contribution in [1.29, 1.82) is 0 Å². The Hall–Kier alpha value is -1.13. The topological polar surface area (TPSA) is 32.3 Å². The summed E-state index contributed by atoms with van der Waals surface area (Å²) < 4.78 is 13.9. The van der Waals surface area contributed by atoms with Gasteiger partial charge in [0.05, 0.1) is 6.42 Å². The number of nitrogens with zero attached hydrogens (tertiary/aromatic N) is 1. The van der Waals surface area contributed by atoms with Crippen molar-refractivity contribution in [2.24, 2.45) is 11.8 Å². The average molecular weight is 311 g/mol. The third-order valence-electron chi connectivity index (χ3n) is 5.05. The first-order valence-electron chi connectivity index (χ1n) is 7.35. The van der Waals surface area contributed by atoms with Crippen LogP contribution in [-0.2, 0) is 11.2 Å². The van der Waals surface area contributed by atoms with Crippen molar-refractivity contribution in [2.75, 3.05) is 19.6 Å². The first-order valence-corrected chi connectivity index (χ1v) is 7.73. The Morgan fingerprint density at radius 2 is 2.24 bits per heavy atom. The summed E-state index contributed by atoms with van der Waals surface area (Å²) in [4.78, 5) is 14.6. The molecule has 2 aliphatic heterocycles. The van der Waals surface area contributed by atoms with Gasteiger partial charge >= 0.3 is 0 Å². The summed E-state index contributed by atoms with van der Waals surface area (Å²) in [5, 5.41) is 3.71. The maximum Gasteiger partial charge on any atom is 0.227 e. The fourth-order valence-corrected chi connectivity index (χ4v) is 4.02. The smallest absolute Gasteiger partial charge is 0.227 e. The summed E-state index contributed by atoms with van der Waals surface area (Å²) in [5.74, 6) is 0.522. The molecule has 0 aliphatic carbocycles. The number of likely N-dealkylation sites (tertiary alicyclic amines) is 1. The molecular weight excluding hydrogens is 291 g/mol. The SMILES string of the molecule is CC1(C)C2CNCC2CN1C(=O)Cc1c(F)cccc1Cl. The largest absolute Gasteiger partial charge is 0.337 e. The highest BCUT2D eigenvalue weighted by atomic mass is 35.5. The Morgan fingerprint density at radius 3 is 2.90 bits per heavy atom. The van der Waals surface area contributed by atoms with Gasteiger partial charge in [-0.05, 0) is 37.8 Å². The molecule has 3 nitrogen and oxygen atoms in total. The molecule has 21 heavy (non-hydrogen) atoms. The van der Waals surface area contributed by atoms with Gasteiger partial charge in [0.2, 0.25) is 5.91 Å². The Balaban J connectivity index is 1.80. The van der Waals surface area contributed by atoms with Crippen LogP contribution in [0.2, 0.25) is 5.02 Å². The lowest BCUT2D eigenvalue weighted by Crippen LogP contribution is -2.48. The molecule has 3 rings (SSSR count). The molecule has 0 aromatic heterocycles. The fraction of sp³-hybridized carbons (Fsp3) is 0.562. The van der Waals surface area contributed by atoms with E-state index in [-0.39, 0.29) is 17.9 Å². The maximum absolute atomic E-state index is 13.9. The van der Waals surface area contributed by atoms with Crippen molar-refractivity contribution in [3.63, 3.8) is 0 Å². The molecule has 1 amide bonds. The second-order valence-corrected chi connectivity index (χ2v) is 6.97. The number of fused-ring (bicyclic) bond motifs is 1. The minimum Gasteiger partial charge on any atom is -0.337 e. The summed E-state index contributed by atoms with van der Waals surface area (Å²) >= 11 is 6.03. The molecule has 2 fully saturated rings. The highest BCUT2D eigenvalue weighted by Gasteiger charge is 2.51. The van der Waals surface area contributed by atoms with E-state index < -0.39 is 5.82 Å². The summed E-state index contributed by atoms with van der Waals surface area (Å²) in [6.45, 7) is 6.85. The number of hydrogen-bond acceptors (Lipinski definition) is 2. The summed E-state index contributed by atoms with van der Waals surface area (Å²) in [6, 6.07) is 4.53. The zero-order valence-electron chi connectivity index (χ0n) is 12.3. The Kier molecular flexibility index (Phi) is 3.70. The van der Waals surface area contributed by atoms with Gasteiger partial charge in [-0.1, -0.05) is 17.7 Å². The molecule has 114 valence electrons. The fourth-order valence-electron chi connectivity index (χ4n) is 3.79. The van der Waals surface area contributed by atoms with E-state index in [9.17, 15) is 9.18 Å². The molecule has 0 saturated carbocycles. The predicted molar refractivity (Wildman–Crippen MR) is 80.8 cm³/mol. The molecule has 2 unspecified atom stereocenters. The number of hydrogen-bond donors (Lipinski definition) is 1. The number of carbonyl (C=O) groups excluding carboxylic acids is 1. The Morgan fingerprint density at radius 1 is 1.48 bits per heavy atom. The van der Waals surface area contributed by atoms with E-state index >= 15 is 0 Å². The van der Waals surface area contributed by atoms with Gasteiger partial charge in [0, 0.05) is 35.8 Å². The molecule has 1 N–H and O–H groups in total. The van der Waals surface area contributed by atoms with Gasteiger partial charge in [0.15, 0.2) is 0 Å². The highest BCUT2D eigenvalue weighted by Crippen LogP contribution is 2.41. The van der Waals surface area contributed by atoms with Crippen molar-refractivity contribution in [1.82, 2.24) is 10.2 Å². The summed E-state index contributed by atoms with van der Waals surface area (Å²) in [6.07, 6.45) is 0.0296. The first kappa shape index (κ1) is 14.8. The van der Waals surface area contributed by atoms with E-state index in [1.54, 1.807) is 12.1 Å². The van der Waals surface area contributed by atoms with Crippen molar-refractivity contribution in [3.05, 3.63) is 34.6 Å². The van der Waals surface area contributed by atoms with Gasteiger partial charge in [0.25, 0.3) is 0 Å². The van der Waals surface area contributed by atoms with Crippen LogP contribution in [0.5, 0.6) is 0 Å². The van der Waals surface area contributed by atoms with Crippen LogP contribution in [0, 0.1) is 17.7 Å². The Labute approximate surface area is 129 Å². The quantitative estimate of drug-likeness (QED) is 0.910. The lowest BCUT2D eigenvalue weighted by Gasteiger charge is -2.35. The van der Waals surface area contributed by atoms with Crippen molar-refractivity contribution in [2.45, 2.75) is 25.8 Å². The van der Waals surface area contributed by atoms with Crippen molar-refractivity contribution < 1.29 is 9.18 Å². The molecule has 2 saturated heterocycles. The van der Waals surface area contributed by atoms with Gasteiger partial charge in [-0.2, -0.15) is 0 Å². The second kappa shape index (κ2) is 5.25. The molecular formula is C16H20ClFN2O. The van der Waals surface area contributed by atoms with Gasteiger partial charge in [0.1, 0.15) is 5.82 Å². The van der Waals surface area contributed by atoms with Crippen LogP contribution in [0.25, 0.3) is 0 Å². The number of halogens is 2. The van der Waals surface area contributed by atoms with E-state index in [4.69, 9.17) is 11.6 Å². The molecule has 5 heteroatoms. The third kappa shape index (κ3) is 2.44. The standard InChI is InChI=1S/C16H20ClFN2O/c1-16(2)12-8-19-7-10(12)9-20(16)15(21)6-11-13(17)4-3-5-14(11)18/h3-5,10,12,19H,6-9H2,1-2H3. The maximum atomic E-state index is 13.9. The van der Waals surface area contributed by atoms with Crippen LogP contribution in [0.15, 0.2) is 18.2 Å². The van der Waals surface area contributed by atoms with Crippen LogP contribution in [0.1, 0.15) is 19.4 Å². The van der Waals surface area contributed by atoms with Crippen LogP contribution in [-0.4, -0.2) is 36.0 Å². The van der Waals surface area contributed by atoms with Gasteiger partial charge in [-0.15, -0.1) is 0 Å². The number of benzene rings is 1. The lowest BCUT2D eigenvalue weighted by molar-refractivity contribution is -0.134. The van der Waals surface area contributed by atoms with Crippen LogP contribution in [0.3, 0.4) is 0 Å². The average Bonchev–Trinajstić information content (AvgIpc) is 2.97. The van der Waals surface area contributed by atoms with Crippen molar-refractivity contribution in [3.8, 4) is 0 Å². The lowest BCUT2D eigenvalue weighted by atomic mass is 9.85. The molecule has 0 radical (unpaired) electrons. The second-order valence-electron chi connectivity index (χ2n) is 6.56. The zero-order chi connectivity index (χ0) is 15.2. The van der Waals surface area contributed by atoms with Gasteiger partial charge in [-0.25, -0.2) is 4.39 Å². The number of nitrogens with one attached hydrogen (secondary N) is 1. The van der Waals surface area contributed by atoms with E-state index in [1.165, 1.54) is 6.07 Å². The van der Waals surface area contributed by atoms with E-state index in [1.807, 2.05) is 4.90 Å². The normalized spacial score (nSPS) is 27.0. The minimum absolute atomic E-state index is 0.0296. The van der Waals surface area contributed by atoms with Crippen LogP contribution in [0.4, 0.5) is 4.39 Å². The van der Waals surface area contributed by atoms with E-state index in [2.05, 4.69) is 19.2 Å². The summed E-state index contributed by atoms with van der Waals surface area (Å²) in [5.41, 5.74) is 0.110. The molecule has 0 spiro atoms. The van der Waals surface area contributed by atoms with Gasteiger partial charge in [-0.3, -0.25) is 4.79 Å². The highest BCUT2D eigenvalue weighted by molar-refractivity contribution is 6.31.